The van der Waals surface area contributed by atoms with E-state index >= 15 is 0 Å². The minimum Gasteiger partial charge on any atom is -0.454 e. The van der Waals surface area contributed by atoms with Crippen molar-refractivity contribution in [1.29, 1.82) is 0 Å². The molecule has 20 heavy (non-hydrogen) atoms. The maximum atomic E-state index is 13.8. The molecule has 0 bridgehead atoms. The fourth-order valence-electron chi connectivity index (χ4n) is 1.81. The molecule has 106 valence electrons. The minimum absolute atomic E-state index is 0.196. The van der Waals surface area contributed by atoms with Gasteiger partial charge in [-0.3, -0.25) is 0 Å². The van der Waals surface area contributed by atoms with Crippen LogP contribution in [-0.4, -0.2) is 5.75 Å². The van der Waals surface area contributed by atoms with Crippen LogP contribution >= 0.6 is 27.7 Å². The molecule has 2 aromatic rings. The van der Waals surface area contributed by atoms with E-state index in [-0.39, 0.29) is 5.75 Å². The van der Waals surface area contributed by atoms with Gasteiger partial charge >= 0.3 is 0 Å². The molecule has 0 atom stereocenters. The molecule has 0 amide bonds. The topological polar surface area (TPSA) is 35.2 Å². The van der Waals surface area contributed by atoms with Gasteiger partial charge in [-0.15, -0.1) is 11.8 Å². The van der Waals surface area contributed by atoms with Crippen molar-refractivity contribution in [3.8, 4) is 11.5 Å². The molecule has 5 heteroatoms. The van der Waals surface area contributed by atoms with E-state index in [1.165, 1.54) is 6.07 Å². The Hall–Kier alpha value is -1.04. The first-order valence-corrected chi connectivity index (χ1v) is 8.01. The smallest absolute Gasteiger partial charge is 0.166 e. The van der Waals surface area contributed by atoms with Gasteiger partial charge in [-0.2, -0.15) is 0 Å². The number of hydrogen-bond donors (Lipinski definition) is 1. The number of rotatable bonds is 5. The molecule has 2 N–H and O–H groups in total. The third kappa shape index (κ3) is 3.53. The van der Waals surface area contributed by atoms with Crippen LogP contribution in [0.1, 0.15) is 12.5 Å². The first-order valence-electron chi connectivity index (χ1n) is 6.23. The van der Waals surface area contributed by atoms with E-state index in [4.69, 9.17) is 10.5 Å². The Morgan fingerprint density at radius 1 is 1.25 bits per heavy atom. The largest absolute Gasteiger partial charge is 0.454 e. The number of ether oxygens (including phenoxy) is 1. The summed E-state index contributed by atoms with van der Waals surface area (Å²) in [7, 11) is 0. The fourth-order valence-corrected chi connectivity index (χ4v) is 2.99. The van der Waals surface area contributed by atoms with Gasteiger partial charge in [-0.1, -0.05) is 28.9 Å². The lowest BCUT2D eigenvalue weighted by Gasteiger charge is -2.14. The molecule has 0 saturated heterocycles. The van der Waals surface area contributed by atoms with Gasteiger partial charge in [-0.05, 0) is 36.1 Å². The van der Waals surface area contributed by atoms with Crippen molar-refractivity contribution in [2.45, 2.75) is 18.4 Å². The molecule has 0 spiro atoms. The summed E-state index contributed by atoms with van der Waals surface area (Å²) in [5.74, 6) is 1.34. The Morgan fingerprint density at radius 2 is 2.05 bits per heavy atom. The van der Waals surface area contributed by atoms with Gasteiger partial charge in [0.25, 0.3) is 0 Å². The summed E-state index contributed by atoms with van der Waals surface area (Å²) in [5, 5.41) is 0. The van der Waals surface area contributed by atoms with Crippen molar-refractivity contribution < 1.29 is 9.13 Å². The summed E-state index contributed by atoms with van der Waals surface area (Å²) >= 11 is 4.92. The molecule has 2 nitrogen and oxygen atoms in total. The van der Waals surface area contributed by atoms with Crippen LogP contribution in [0.5, 0.6) is 11.5 Å². The van der Waals surface area contributed by atoms with Crippen molar-refractivity contribution in [3.63, 3.8) is 0 Å². The van der Waals surface area contributed by atoms with Crippen LogP contribution in [0.15, 0.2) is 45.8 Å². The van der Waals surface area contributed by atoms with E-state index in [1.807, 2.05) is 18.2 Å². The zero-order valence-corrected chi connectivity index (χ0v) is 13.4. The predicted molar refractivity (Wildman–Crippen MR) is 84.9 cm³/mol. The van der Waals surface area contributed by atoms with Crippen molar-refractivity contribution in [2.24, 2.45) is 5.73 Å². The van der Waals surface area contributed by atoms with Crippen LogP contribution in [0.4, 0.5) is 4.39 Å². The van der Waals surface area contributed by atoms with E-state index in [9.17, 15) is 4.39 Å². The standard InChI is InChI=1S/C15H15BrFNOS/c1-2-20-15-5-3-4-13(11(15)9-18)19-14-7-6-10(16)8-12(14)17/h3-8H,2,9,18H2,1H3. The second-order valence-corrected chi connectivity index (χ2v) is 6.27. The first-order chi connectivity index (χ1) is 9.65. The molecular weight excluding hydrogens is 341 g/mol. The van der Waals surface area contributed by atoms with Crippen LogP contribution in [-0.2, 0) is 6.54 Å². The van der Waals surface area contributed by atoms with Gasteiger partial charge in [0.1, 0.15) is 5.75 Å². The number of hydrogen-bond acceptors (Lipinski definition) is 3. The second kappa shape index (κ2) is 7.11. The Bertz CT molecular complexity index is 606. The van der Waals surface area contributed by atoms with Crippen LogP contribution in [0.3, 0.4) is 0 Å². The van der Waals surface area contributed by atoms with Crippen LogP contribution in [0.2, 0.25) is 0 Å². The second-order valence-electron chi connectivity index (χ2n) is 4.05. The molecule has 2 aromatic carbocycles. The maximum Gasteiger partial charge on any atom is 0.166 e. The molecule has 0 aliphatic heterocycles. The zero-order valence-electron chi connectivity index (χ0n) is 11.0. The van der Waals surface area contributed by atoms with E-state index in [0.717, 1.165) is 16.2 Å². The summed E-state index contributed by atoms with van der Waals surface area (Å²) in [6.45, 7) is 2.43. The minimum atomic E-state index is -0.407. The SMILES string of the molecule is CCSc1cccc(Oc2ccc(Br)cc2F)c1CN. The molecule has 0 unspecified atom stereocenters. The van der Waals surface area contributed by atoms with Crippen LogP contribution < -0.4 is 10.5 Å². The van der Waals surface area contributed by atoms with Crippen LogP contribution in [0.25, 0.3) is 0 Å². The monoisotopic (exact) mass is 355 g/mol. The summed E-state index contributed by atoms with van der Waals surface area (Å²) in [5.41, 5.74) is 6.71. The summed E-state index contributed by atoms with van der Waals surface area (Å²) in [4.78, 5) is 1.07. The number of benzene rings is 2. The maximum absolute atomic E-state index is 13.8. The Kier molecular flexibility index (Phi) is 5.46. The first kappa shape index (κ1) is 15.4. The molecule has 0 aliphatic rings. The van der Waals surface area contributed by atoms with Gasteiger partial charge in [0, 0.05) is 21.5 Å². The van der Waals surface area contributed by atoms with Crippen molar-refractivity contribution in [3.05, 3.63) is 52.3 Å². The lowest BCUT2D eigenvalue weighted by atomic mass is 10.2. The summed E-state index contributed by atoms with van der Waals surface area (Å²) in [6.07, 6.45) is 0. The molecule has 0 heterocycles. The number of nitrogens with two attached hydrogens (primary N) is 1. The van der Waals surface area contributed by atoms with E-state index < -0.39 is 5.82 Å². The fraction of sp³-hybridized carbons (Fsp3) is 0.200. The van der Waals surface area contributed by atoms with Gasteiger partial charge in [0.05, 0.1) is 0 Å². The van der Waals surface area contributed by atoms with Crippen LogP contribution in [0, 0.1) is 5.82 Å². The third-order valence-corrected chi connectivity index (χ3v) is 4.18. The normalized spacial score (nSPS) is 10.6. The predicted octanol–water partition coefficient (Wildman–Crippen LogP) is 4.95. The quantitative estimate of drug-likeness (QED) is 0.770. The highest BCUT2D eigenvalue weighted by Gasteiger charge is 2.11. The lowest BCUT2D eigenvalue weighted by molar-refractivity contribution is 0.436. The number of thioether (sulfide) groups is 1. The zero-order chi connectivity index (χ0) is 14.5. The molecule has 0 saturated carbocycles. The average molecular weight is 356 g/mol. The molecule has 0 aromatic heterocycles. The number of halogens is 2. The van der Waals surface area contributed by atoms with E-state index in [2.05, 4.69) is 22.9 Å². The molecule has 0 aliphatic carbocycles. The van der Waals surface area contributed by atoms with E-state index in [0.29, 0.717) is 16.8 Å². The van der Waals surface area contributed by atoms with Crippen molar-refractivity contribution in [1.82, 2.24) is 0 Å². The summed E-state index contributed by atoms with van der Waals surface area (Å²) in [6, 6.07) is 10.4. The molecular formula is C15H15BrFNOS. The Labute approximate surface area is 130 Å². The molecule has 0 radical (unpaired) electrons. The third-order valence-electron chi connectivity index (χ3n) is 2.71. The van der Waals surface area contributed by atoms with Crippen molar-refractivity contribution in [2.75, 3.05) is 5.75 Å². The van der Waals surface area contributed by atoms with Gasteiger partial charge in [0.2, 0.25) is 0 Å². The lowest BCUT2D eigenvalue weighted by Crippen LogP contribution is -2.02. The highest BCUT2D eigenvalue weighted by atomic mass is 79.9. The van der Waals surface area contributed by atoms with Gasteiger partial charge < -0.3 is 10.5 Å². The highest BCUT2D eigenvalue weighted by molar-refractivity contribution is 9.10. The average Bonchev–Trinajstić information content (AvgIpc) is 2.42. The van der Waals surface area contributed by atoms with Gasteiger partial charge in [-0.25, -0.2) is 4.39 Å². The van der Waals surface area contributed by atoms with E-state index in [1.54, 1.807) is 23.9 Å². The molecule has 0 fully saturated rings. The Balaban J connectivity index is 2.35. The Morgan fingerprint density at radius 3 is 2.70 bits per heavy atom. The molecule has 2 rings (SSSR count). The highest BCUT2D eigenvalue weighted by Crippen LogP contribution is 2.34. The van der Waals surface area contributed by atoms with Crippen molar-refractivity contribution >= 4 is 27.7 Å². The van der Waals surface area contributed by atoms with Gasteiger partial charge in [0.15, 0.2) is 11.6 Å². The summed E-state index contributed by atoms with van der Waals surface area (Å²) < 4.78 is 20.2.